The Morgan fingerprint density at radius 1 is 0.972 bits per heavy atom. The Labute approximate surface area is 211 Å². The van der Waals surface area contributed by atoms with Gasteiger partial charge in [0.05, 0.1) is 12.5 Å². The summed E-state index contributed by atoms with van der Waals surface area (Å²) in [6, 6.07) is -5.12. The lowest BCUT2D eigenvalue weighted by Gasteiger charge is -2.27. The van der Waals surface area contributed by atoms with Crippen LogP contribution in [0, 0.1) is 17.8 Å². The summed E-state index contributed by atoms with van der Waals surface area (Å²) in [5, 5.41) is 22.0. The molecule has 0 aliphatic carbocycles. The van der Waals surface area contributed by atoms with Gasteiger partial charge in [-0.1, -0.05) is 53.7 Å². The van der Waals surface area contributed by atoms with Crippen LogP contribution in [0.25, 0.3) is 0 Å². The molecule has 0 spiro atoms. The van der Waals surface area contributed by atoms with Gasteiger partial charge in [-0.15, -0.1) is 0 Å². The number of amides is 5. The van der Waals surface area contributed by atoms with E-state index in [-0.39, 0.29) is 24.8 Å². The molecule has 1 heterocycles. The van der Waals surface area contributed by atoms with Crippen molar-refractivity contribution >= 4 is 35.5 Å². The molecule has 12 nitrogen and oxygen atoms in total. The summed E-state index contributed by atoms with van der Waals surface area (Å²) in [5.41, 5.74) is 0. The van der Waals surface area contributed by atoms with Crippen molar-refractivity contribution in [2.75, 3.05) is 6.54 Å². The molecule has 36 heavy (non-hydrogen) atoms. The molecule has 1 unspecified atom stereocenters. The van der Waals surface area contributed by atoms with Crippen LogP contribution in [0.1, 0.15) is 54.4 Å². The zero-order valence-electron chi connectivity index (χ0n) is 21.7. The van der Waals surface area contributed by atoms with Gasteiger partial charge in [0, 0.05) is 6.54 Å². The van der Waals surface area contributed by atoms with E-state index in [0.717, 1.165) is 0 Å². The second-order valence-corrected chi connectivity index (χ2v) is 9.83. The number of nitrogens with one attached hydrogen (secondary N) is 5. The molecule has 4 atom stereocenters. The Kier molecular flexibility index (Phi) is 12.1. The molecule has 0 fully saturated rings. The molecule has 12 heteroatoms. The zero-order valence-corrected chi connectivity index (χ0v) is 21.7. The van der Waals surface area contributed by atoms with E-state index in [9.17, 15) is 33.9 Å². The highest BCUT2D eigenvalue weighted by Crippen LogP contribution is 2.09. The van der Waals surface area contributed by atoms with Crippen LogP contribution in [0.3, 0.4) is 0 Å². The van der Waals surface area contributed by atoms with Crippen molar-refractivity contribution in [3.8, 4) is 0 Å². The largest absolute Gasteiger partial charge is 0.480 e. The molecule has 0 bridgehead atoms. The number of ketones is 1. The lowest BCUT2D eigenvalue weighted by Crippen LogP contribution is -2.59. The molecule has 6 N–H and O–H groups in total. The zero-order chi connectivity index (χ0) is 27.6. The number of hydrogen-bond acceptors (Lipinski definition) is 6. The van der Waals surface area contributed by atoms with E-state index in [1.807, 2.05) is 0 Å². The Hall–Kier alpha value is -3.44. The van der Waals surface area contributed by atoms with Crippen LogP contribution in [0.5, 0.6) is 0 Å². The molecule has 202 valence electrons. The molecule has 0 saturated carbocycles. The summed E-state index contributed by atoms with van der Waals surface area (Å²) >= 11 is 0. The van der Waals surface area contributed by atoms with E-state index in [1.165, 1.54) is 6.08 Å². The number of carbonyl (C=O) groups excluding carboxylic acids is 5. The van der Waals surface area contributed by atoms with Crippen LogP contribution in [0.4, 0.5) is 4.79 Å². The van der Waals surface area contributed by atoms with E-state index >= 15 is 0 Å². The Bertz CT molecular complexity index is 869. The first-order valence-electron chi connectivity index (χ1n) is 12.1. The fraction of sp³-hybridized carbons (Fsp3) is 0.667. The molecule has 0 aromatic heterocycles. The molecule has 0 aromatic carbocycles. The summed E-state index contributed by atoms with van der Waals surface area (Å²) in [5.74, 6) is -4.43. The minimum Gasteiger partial charge on any atom is -0.480 e. The van der Waals surface area contributed by atoms with Gasteiger partial charge in [0.15, 0.2) is 5.78 Å². The number of carbonyl (C=O) groups is 6. The average molecular weight is 510 g/mol. The van der Waals surface area contributed by atoms with Gasteiger partial charge >= 0.3 is 12.0 Å². The van der Waals surface area contributed by atoms with Gasteiger partial charge in [-0.05, 0) is 24.2 Å². The van der Waals surface area contributed by atoms with E-state index in [4.69, 9.17) is 0 Å². The molecule has 1 aliphatic rings. The predicted molar refractivity (Wildman–Crippen MR) is 132 cm³/mol. The summed E-state index contributed by atoms with van der Waals surface area (Å²) < 4.78 is 0. The third-order valence-electron chi connectivity index (χ3n) is 5.64. The van der Waals surface area contributed by atoms with Crippen molar-refractivity contribution in [2.24, 2.45) is 17.8 Å². The van der Waals surface area contributed by atoms with Gasteiger partial charge in [0.2, 0.25) is 17.7 Å². The van der Waals surface area contributed by atoms with E-state index in [2.05, 4.69) is 26.6 Å². The van der Waals surface area contributed by atoms with E-state index in [1.54, 1.807) is 47.6 Å². The third kappa shape index (κ3) is 9.67. The molecule has 1 aliphatic heterocycles. The SMILES string of the molecule is CC(C)C1NC(=O)[C@@H](NC(=O)[C@@H](NC(=O)N[C@H](C(=O)O)C(C)C)C(C)C)/C=C/CCNC(=O)CC1=O. The normalized spacial score (nSPS) is 22.0. The van der Waals surface area contributed by atoms with Crippen molar-refractivity contribution in [1.29, 1.82) is 0 Å². The molecule has 1 rings (SSSR count). The fourth-order valence-electron chi connectivity index (χ4n) is 3.54. The van der Waals surface area contributed by atoms with Crippen LogP contribution in [0.2, 0.25) is 0 Å². The Morgan fingerprint density at radius 3 is 2.08 bits per heavy atom. The minimum absolute atomic E-state index is 0.258. The van der Waals surface area contributed by atoms with Crippen LogP contribution < -0.4 is 26.6 Å². The van der Waals surface area contributed by atoms with Crippen molar-refractivity contribution in [3.63, 3.8) is 0 Å². The maximum atomic E-state index is 13.1. The third-order valence-corrected chi connectivity index (χ3v) is 5.64. The smallest absolute Gasteiger partial charge is 0.326 e. The van der Waals surface area contributed by atoms with Crippen molar-refractivity contribution < 1.29 is 33.9 Å². The molecule has 0 radical (unpaired) electrons. The average Bonchev–Trinajstić information content (AvgIpc) is 2.76. The summed E-state index contributed by atoms with van der Waals surface area (Å²) in [6.45, 7) is 10.4. The van der Waals surface area contributed by atoms with Crippen molar-refractivity contribution in [1.82, 2.24) is 26.6 Å². The number of Topliss-reactive ketones (excluding diaryl/α,β-unsaturated/α-hetero) is 1. The first-order chi connectivity index (χ1) is 16.7. The lowest BCUT2D eigenvalue weighted by molar-refractivity contribution is -0.140. The summed E-state index contributed by atoms with van der Waals surface area (Å²) in [4.78, 5) is 74.4. The molecule has 5 amide bonds. The number of carboxylic acid groups (broad SMARTS) is 1. The van der Waals surface area contributed by atoms with Gasteiger partial charge in [-0.3, -0.25) is 19.2 Å². The van der Waals surface area contributed by atoms with Gasteiger partial charge in [0.1, 0.15) is 18.1 Å². The van der Waals surface area contributed by atoms with Gasteiger partial charge in [-0.25, -0.2) is 9.59 Å². The lowest BCUT2D eigenvalue weighted by atomic mass is 9.96. The first kappa shape index (κ1) is 30.6. The van der Waals surface area contributed by atoms with E-state index in [0.29, 0.717) is 6.42 Å². The van der Waals surface area contributed by atoms with Crippen molar-refractivity contribution in [3.05, 3.63) is 12.2 Å². The summed E-state index contributed by atoms with van der Waals surface area (Å²) in [6.07, 6.45) is 3.09. The van der Waals surface area contributed by atoms with Crippen LogP contribution in [-0.4, -0.2) is 71.3 Å². The molecular weight excluding hydrogens is 470 g/mol. The van der Waals surface area contributed by atoms with Gasteiger partial charge in [0.25, 0.3) is 0 Å². The Morgan fingerprint density at radius 2 is 1.56 bits per heavy atom. The van der Waals surface area contributed by atoms with E-state index < -0.39 is 65.6 Å². The second kappa shape index (κ2) is 14.2. The van der Waals surface area contributed by atoms with Crippen LogP contribution in [-0.2, 0) is 24.0 Å². The topological polar surface area (TPSA) is 183 Å². The first-order valence-corrected chi connectivity index (χ1v) is 12.1. The van der Waals surface area contributed by atoms with Crippen molar-refractivity contribution in [2.45, 2.75) is 78.6 Å². The molecule has 0 saturated heterocycles. The monoisotopic (exact) mass is 509 g/mol. The number of carboxylic acids is 1. The molecule has 0 aromatic rings. The van der Waals surface area contributed by atoms with Gasteiger partial charge < -0.3 is 31.7 Å². The quantitative estimate of drug-likeness (QED) is 0.198. The van der Waals surface area contributed by atoms with Crippen LogP contribution >= 0.6 is 0 Å². The summed E-state index contributed by atoms with van der Waals surface area (Å²) in [7, 11) is 0. The fourth-order valence-corrected chi connectivity index (χ4v) is 3.54. The highest BCUT2D eigenvalue weighted by atomic mass is 16.4. The maximum absolute atomic E-state index is 13.1. The standard InChI is InChI=1S/C24H39N5O7/c1-12(2)18-16(30)11-17(31)25-10-8-7-9-15(21(32)27-18)26-22(33)19(13(3)4)28-24(36)29-20(14(5)6)23(34)35/h7,9,12-15,18-20H,8,10-11H2,1-6H3,(H,25,31)(H,26,33)(H,27,32)(H,34,35)(H2,28,29,36)/b9-7+/t15-,18?,19-,20-/m0/s1. The number of hydrogen-bond donors (Lipinski definition) is 6. The minimum atomic E-state index is -1.20. The Balaban J connectivity index is 3.06. The van der Waals surface area contributed by atoms with Gasteiger partial charge in [-0.2, -0.15) is 0 Å². The number of urea groups is 1. The van der Waals surface area contributed by atoms with Crippen LogP contribution in [0.15, 0.2) is 12.2 Å². The second-order valence-electron chi connectivity index (χ2n) is 9.83. The number of aliphatic carboxylic acids is 1. The highest BCUT2D eigenvalue weighted by molar-refractivity contribution is 6.03. The molecular formula is C24H39N5O7. The maximum Gasteiger partial charge on any atom is 0.326 e. The highest BCUT2D eigenvalue weighted by Gasteiger charge is 2.32. The number of rotatable bonds is 8. The predicted octanol–water partition coefficient (Wildman–Crippen LogP) is 0.0803.